The van der Waals surface area contributed by atoms with Crippen molar-refractivity contribution in [2.75, 3.05) is 13.1 Å². The summed E-state index contributed by atoms with van der Waals surface area (Å²) in [4.78, 5) is 14.7. The van der Waals surface area contributed by atoms with Gasteiger partial charge in [-0.3, -0.25) is 4.79 Å². The number of alkyl halides is 3. The third-order valence-corrected chi connectivity index (χ3v) is 4.52. The molecule has 25 heavy (non-hydrogen) atoms. The molecule has 5 nitrogen and oxygen atoms in total. The van der Waals surface area contributed by atoms with Crippen molar-refractivity contribution in [3.8, 4) is 0 Å². The molecule has 0 aliphatic carbocycles. The van der Waals surface area contributed by atoms with Crippen LogP contribution in [-0.4, -0.2) is 27.7 Å². The van der Waals surface area contributed by atoms with Crippen molar-refractivity contribution in [3.63, 3.8) is 0 Å². The van der Waals surface area contributed by atoms with Crippen LogP contribution in [0.25, 0.3) is 16.6 Å². The number of halogens is 4. The minimum atomic E-state index is -4.42. The van der Waals surface area contributed by atoms with E-state index in [0.717, 1.165) is 43.8 Å². The fraction of sp³-hybridized carbons (Fsp3) is 0.375. The van der Waals surface area contributed by atoms with Gasteiger partial charge in [0, 0.05) is 17.4 Å². The molecule has 4 rings (SSSR count). The molecule has 0 amide bonds. The van der Waals surface area contributed by atoms with Gasteiger partial charge in [-0.15, -0.1) is 12.4 Å². The number of rotatable bonds is 1. The molecule has 1 aliphatic heterocycles. The third-order valence-electron chi connectivity index (χ3n) is 4.52. The molecule has 0 saturated carbocycles. The summed E-state index contributed by atoms with van der Waals surface area (Å²) >= 11 is 0. The van der Waals surface area contributed by atoms with E-state index in [4.69, 9.17) is 0 Å². The minimum Gasteiger partial charge on any atom is -0.317 e. The van der Waals surface area contributed by atoms with Gasteiger partial charge in [-0.05, 0) is 44.1 Å². The highest BCUT2D eigenvalue weighted by Crippen LogP contribution is 2.32. The third kappa shape index (κ3) is 3.11. The fourth-order valence-corrected chi connectivity index (χ4v) is 3.33. The average molecular weight is 373 g/mol. The normalized spacial score (nSPS) is 16.3. The second-order valence-electron chi connectivity index (χ2n) is 6.07. The molecule has 0 radical (unpaired) electrons. The van der Waals surface area contributed by atoms with E-state index in [9.17, 15) is 18.0 Å². The number of aromatic nitrogens is 3. The second kappa shape index (κ2) is 6.34. The van der Waals surface area contributed by atoms with Gasteiger partial charge >= 0.3 is 6.18 Å². The lowest BCUT2D eigenvalue weighted by atomic mass is 9.94. The van der Waals surface area contributed by atoms with Gasteiger partial charge < -0.3 is 10.3 Å². The Morgan fingerprint density at radius 2 is 1.88 bits per heavy atom. The quantitative estimate of drug-likeness (QED) is 0.690. The molecule has 1 aliphatic rings. The summed E-state index contributed by atoms with van der Waals surface area (Å²) in [6.07, 6.45) is -2.69. The zero-order chi connectivity index (χ0) is 16.9. The van der Waals surface area contributed by atoms with Crippen LogP contribution >= 0.6 is 12.4 Å². The first-order valence-corrected chi connectivity index (χ1v) is 7.77. The van der Waals surface area contributed by atoms with Crippen LogP contribution in [0.5, 0.6) is 0 Å². The second-order valence-corrected chi connectivity index (χ2v) is 6.07. The predicted octanol–water partition coefficient (Wildman–Crippen LogP) is 3.08. The number of hydrogen-bond acceptors (Lipinski definition) is 3. The van der Waals surface area contributed by atoms with E-state index in [1.807, 2.05) is 0 Å². The lowest BCUT2D eigenvalue weighted by molar-refractivity contribution is -0.137. The molecule has 1 fully saturated rings. The summed E-state index contributed by atoms with van der Waals surface area (Å²) in [5.74, 6) is 0.160. The van der Waals surface area contributed by atoms with E-state index >= 15 is 0 Å². The molecule has 1 aromatic carbocycles. The first-order chi connectivity index (χ1) is 11.4. The molecule has 0 bridgehead atoms. The lowest BCUT2D eigenvalue weighted by Gasteiger charge is -2.23. The Morgan fingerprint density at radius 1 is 1.16 bits per heavy atom. The van der Waals surface area contributed by atoms with Gasteiger partial charge in [0.2, 0.25) is 0 Å². The number of H-pyrrole nitrogens is 1. The van der Waals surface area contributed by atoms with Crippen molar-refractivity contribution < 1.29 is 13.2 Å². The van der Waals surface area contributed by atoms with Gasteiger partial charge in [0.1, 0.15) is 5.65 Å². The van der Waals surface area contributed by atoms with Gasteiger partial charge in [-0.1, -0.05) is 0 Å². The van der Waals surface area contributed by atoms with E-state index < -0.39 is 11.7 Å². The van der Waals surface area contributed by atoms with Crippen LogP contribution in [0, 0.1) is 0 Å². The zero-order valence-corrected chi connectivity index (χ0v) is 13.9. The first kappa shape index (κ1) is 17.8. The number of piperidine rings is 1. The van der Waals surface area contributed by atoms with Crippen LogP contribution in [0.1, 0.15) is 30.0 Å². The maximum absolute atomic E-state index is 12.9. The number of nitrogens with one attached hydrogen (secondary N) is 2. The fourth-order valence-electron chi connectivity index (χ4n) is 3.33. The highest BCUT2D eigenvalue weighted by molar-refractivity contribution is 5.92. The smallest absolute Gasteiger partial charge is 0.317 e. The van der Waals surface area contributed by atoms with Crippen LogP contribution in [-0.2, 0) is 6.18 Å². The Kier molecular flexibility index (Phi) is 4.51. The molecule has 0 unspecified atom stereocenters. The summed E-state index contributed by atoms with van der Waals surface area (Å²) in [5, 5.41) is 8.10. The Labute approximate surface area is 146 Å². The van der Waals surface area contributed by atoms with Crippen LogP contribution < -0.4 is 10.9 Å². The van der Waals surface area contributed by atoms with Crippen molar-refractivity contribution in [1.82, 2.24) is 19.9 Å². The predicted molar refractivity (Wildman–Crippen MR) is 90.4 cm³/mol. The average Bonchev–Trinajstić information content (AvgIpc) is 2.92. The van der Waals surface area contributed by atoms with Crippen LogP contribution in [0.4, 0.5) is 13.2 Å². The molecule has 0 spiro atoms. The minimum absolute atomic E-state index is 0. The van der Waals surface area contributed by atoms with Crippen molar-refractivity contribution in [3.05, 3.63) is 45.9 Å². The van der Waals surface area contributed by atoms with Gasteiger partial charge in [-0.25, -0.2) is 4.52 Å². The van der Waals surface area contributed by atoms with Crippen molar-refractivity contribution >= 4 is 29.0 Å². The molecule has 9 heteroatoms. The topological polar surface area (TPSA) is 62.2 Å². The Morgan fingerprint density at radius 3 is 2.56 bits per heavy atom. The summed E-state index contributed by atoms with van der Waals surface area (Å²) in [6, 6.07) is 4.90. The summed E-state index contributed by atoms with van der Waals surface area (Å²) in [6.45, 7) is 1.69. The van der Waals surface area contributed by atoms with Crippen molar-refractivity contribution in [2.24, 2.45) is 0 Å². The van der Waals surface area contributed by atoms with Crippen molar-refractivity contribution in [1.29, 1.82) is 0 Å². The Balaban J connectivity index is 0.00000182. The van der Waals surface area contributed by atoms with Gasteiger partial charge in [0.15, 0.2) is 0 Å². The number of aromatic amines is 1. The maximum Gasteiger partial charge on any atom is 0.416 e. The zero-order valence-electron chi connectivity index (χ0n) is 13.1. The van der Waals surface area contributed by atoms with Crippen molar-refractivity contribution in [2.45, 2.75) is 24.9 Å². The molecule has 2 aromatic heterocycles. The molecule has 1 saturated heterocycles. The largest absolute Gasteiger partial charge is 0.416 e. The van der Waals surface area contributed by atoms with E-state index in [1.54, 1.807) is 4.52 Å². The number of fused-ring (bicyclic) bond motifs is 3. The Hall–Kier alpha value is -2.06. The number of hydrogen-bond donors (Lipinski definition) is 2. The summed E-state index contributed by atoms with van der Waals surface area (Å²) in [7, 11) is 0. The summed E-state index contributed by atoms with van der Waals surface area (Å²) < 4.78 is 40.3. The molecule has 3 aromatic rings. The summed E-state index contributed by atoms with van der Waals surface area (Å²) in [5.41, 5.74) is 0.406. The van der Waals surface area contributed by atoms with E-state index in [2.05, 4.69) is 15.4 Å². The maximum atomic E-state index is 12.9. The molecule has 2 N–H and O–H groups in total. The molecular weight excluding hydrogens is 357 g/mol. The highest BCUT2D eigenvalue weighted by Gasteiger charge is 2.31. The molecule has 134 valence electrons. The van der Waals surface area contributed by atoms with Gasteiger partial charge in [0.05, 0.1) is 16.8 Å². The molecule has 3 heterocycles. The van der Waals surface area contributed by atoms with Crippen LogP contribution in [0.3, 0.4) is 0 Å². The van der Waals surface area contributed by atoms with Crippen LogP contribution in [0.2, 0.25) is 0 Å². The van der Waals surface area contributed by atoms with E-state index in [-0.39, 0.29) is 29.4 Å². The number of benzene rings is 1. The van der Waals surface area contributed by atoms with Gasteiger partial charge in [-0.2, -0.15) is 18.3 Å². The lowest BCUT2D eigenvalue weighted by Crippen LogP contribution is -2.28. The monoisotopic (exact) mass is 372 g/mol. The highest BCUT2D eigenvalue weighted by atomic mass is 35.5. The number of nitrogens with zero attached hydrogens (tertiary/aromatic N) is 2. The van der Waals surface area contributed by atoms with E-state index in [1.165, 1.54) is 12.1 Å². The Bertz CT molecular complexity index is 973. The van der Waals surface area contributed by atoms with Gasteiger partial charge in [0.25, 0.3) is 5.56 Å². The van der Waals surface area contributed by atoms with Crippen LogP contribution in [0.15, 0.2) is 29.1 Å². The SMILES string of the molecule is Cl.O=c1cc(C2CCNCC2)n2nc3cc(C(F)(F)F)ccc3c2[nH]1. The van der Waals surface area contributed by atoms with E-state index in [0.29, 0.717) is 11.0 Å². The first-order valence-electron chi connectivity index (χ1n) is 7.77. The molecule has 0 atom stereocenters. The molecular formula is C16H16ClF3N4O. The standard InChI is InChI=1S/C16H15F3N4O.ClH/c17-16(18,19)10-1-2-11-12(7-10)22-23-13(8-14(24)21-15(11)23)9-3-5-20-6-4-9;/h1-2,7-9,20H,3-6H2,(H,21,24);1H.